The van der Waals surface area contributed by atoms with Crippen molar-refractivity contribution in [1.29, 1.82) is 0 Å². The fourth-order valence-corrected chi connectivity index (χ4v) is 2.61. The van der Waals surface area contributed by atoms with E-state index in [9.17, 15) is 4.79 Å². The first-order valence-electron chi connectivity index (χ1n) is 7.83. The molecule has 0 aliphatic heterocycles. The maximum absolute atomic E-state index is 12.2. The number of unbranched alkanes of at least 4 members (excludes halogenated alkanes) is 1. The lowest BCUT2D eigenvalue weighted by Gasteiger charge is -2.27. The minimum atomic E-state index is -0.245. The van der Waals surface area contributed by atoms with E-state index in [1.54, 1.807) is 7.11 Å². The van der Waals surface area contributed by atoms with E-state index in [0.29, 0.717) is 12.5 Å². The molecule has 0 aromatic heterocycles. The Hall–Kier alpha value is -1.35. The van der Waals surface area contributed by atoms with E-state index in [4.69, 9.17) is 9.47 Å². The van der Waals surface area contributed by atoms with Crippen molar-refractivity contribution < 1.29 is 14.3 Å². The Morgan fingerprint density at radius 2 is 1.86 bits per heavy atom. The maximum Gasteiger partial charge on any atom is 0.311 e. The highest BCUT2D eigenvalue weighted by atomic mass is 16.5. The smallest absolute Gasteiger partial charge is 0.311 e. The van der Waals surface area contributed by atoms with Crippen LogP contribution < -0.4 is 0 Å². The molecule has 1 rings (SSSR count). The molecule has 0 heterocycles. The van der Waals surface area contributed by atoms with Crippen molar-refractivity contribution in [2.75, 3.05) is 7.11 Å². The van der Waals surface area contributed by atoms with Gasteiger partial charge in [-0.25, -0.2) is 0 Å². The number of rotatable bonds is 9. The quantitative estimate of drug-likeness (QED) is 0.640. The van der Waals surface area contributed by atoms with Crippen LogP contribution in [0.4, 0.5) is 0 Å². The van der Waals surface area contributed by atoms with Gasteiger partial charge in [-0.15, -0.1) is 0 Å². The first-order valence-corrected chi connectivity index (χ1v) is 7.83. The van der Waals surface area contributed by atoms with Crippen LogP contribution in [-0.4, -0.2) is 19.2 Å². The van der Waals surface area contributed by atoms with Crippen LogP contribution in [0, 0.1) is 11.8 Å². The number of hydrogen-bond donors (Lipinski definition) is 0. The topological polar surface area (TPSA) is 35.5 Å². The molecule has 0 spiro atoms. The molecular weight excluding hydrogens is 264 g/mol. The predicted octanol–water partition coefficient (Wildman–Crippen LogP) is 4.21. The Labute approximate surface area is 128 Å². The highest BCUT2D eigenvalue weighted by molar-refractivity contribution is 5.72. The Kier molecular flexibility index (Phi) is 8.06. The summed E-state index contributed by atoms with van der Waals surface area (Å²) in [7, 11) is 1.67. The summed E-state index contributed by atoms with van der Waals surface area (Å²) in [5.41, 5.74) is 1.01. The molecular formula is C18H28O3. The van der Waals surface area contributed by atoms with Gasteiger partial charge in [0, 0.05) is 7.11 Å². The van der Waals surface area contributed by atoms with Crippen molar-refractivity contribution in [3.8, 4) is 0 Å². The van der Waals surface area contributed by atoms with Gasteiger partial charge in [-0.1, -0.05) is 57.0 Å². The van der Waals surface area contributed by atoms with Crippen LogP contribution in [0.15, 0.2) is 30.3 Å². The van der Waals surface area contributed by atoms with Crippen molar-refractivity contribution in [2.45, 2.75) is 52.7 Å². The predicted molar refractivity (Wildman–Crippen MR) is 84.9 cm³/mol. The zero-order valence-corrected chi connectivity index (χ0v) is 13.7. The normalized spacial score (nSPS) is 15.2. The second kappa shape index (κ2) is 9.56. The van der Waals surface area contributed by atoms with Crippen molar-refractivity contribution in [3.05, 3.63) is 35.9 Å². The van der Waals surface area contributed by atoms with Crippen LogP contribution in [-0.2, 0) is 20.9 Å². The van der Waals surface area contributed by atoms with E-state index >= 15 is 0 Å². The summed E-state index contributed by atoms with van der Waals surface area (Å²) < 4.78 is 11.0. The second-order valence-corrected chi connectivity index (χ2v) is 5.70. The average Bonchev–Trinajstić information content (AvgIpc) is 2.52. The van der Waals surface area contributed by atoms with Crippen LogP contribution in [0.1, 0.15) is 45.6 Å². The van der Waals surface area contributed by atoms with E-state index < -0.39 is 0 Å². The first kappa shape index (κ1) is 17.7. The molecule has 3 nitrogen and oxygen atoms in total. The molecule has 0 unspecified atom stereocenters. The molecule has 118 valence electrons. The standard InChI is InChI=1S/C18H28O3/c1-5-6-10-14(2)17(20-4)15(3)18(19)21-13-16-11-8-7-9-12-16/h7-9,11-12,14-15,17H,5-6,10,13H2,1-4H3/t14-,15+,17-/m0/s1. The molecule has 0 N–H and O–H groups in total. The molecule has 0 aliphatic carbocycles. The molecule has 1 aromatic carbocycles. The molecule has 0 bridgehead atoms. The van der Waals surface area contributed by atoms with Gasteiger partial charge < -0.3 is 9.47 Å². The van der Waals surface area contributed by atoms with Crippen molar-refractivity contribution in [1.82, 2.24) is 0 Å². The van der Waals surface area contributed by atoms with Gasteiger partial charge in [0.2, 0.25) is 0 Å². The van der Waals surface area contributed by atoms with Crippen molar-refractivity contribution in [3.63, 3.8) is 0 Å². The molecule has 0 fully saturated rings. The van der Waals surface area contributed by atoms with Gasteiger partial charge in [0.25, 0.3) is 0 Å². The van der Waals surface area contributed by atoms with E-state index in [-0.39, 0.29) is 18.0 Å². The van der Waals surface area contributed by atoms with Crippen molar-refractivity contribution >= 4 is 5.97 Å². The third-order valence-electron chi connectivity index (χ3n) is 3.93. The minimum Gasteiger partial charge on any atom is -0.461 e. The number of methoxy groups -OCH3 is 1. The van der Waals surface area contributed by atoms with Gasteiger partial charge in [0.15, 0.2) is 0 Å². The number of esters is 1. The summed E-state index contributed by atoms with van der Waals surface area (Å²) in [6.07, 6.45) is 3.31. The Morgan fingerprint density at radius 3 is 2.43 bits per heavy atom. The van der Waals surface area contributed by atoms with Gasteiger partial charge in [0.05, 0.1) is 12.0 Å². The molecule has 3 atom stereocenters. The van der Waals surface area contributed by atoms with Crippen LogP contribution in [0.2, 0.25) is 0 Å². The zero-order valence-electron chi connectivity index (χ0n) is 13.7. The van der Waals surface area contributed by atoms with Gasteiger partial charge in [0.1, 0.15) is 6.61 Å². The fraction of sp³-hybridized carbons (Fsp3) is 0.611. The van der Waals surface area contributed by atoms with Crippen LogP contribution in [0.3, 0.4) is 0 Å². The molecule has 3 heteroatoms. The van der Waals surface area contributed by atoms with Crippen LogP contribution in [0.25, 0.3) is 0 Å². The van der Waals surface area contributed by atoms with E-state index in [0.717, 1.165) is 24.8 Å². The first-order chi connectivity index (χ1) is 10.1. The van der Waals surface area contributed by atoms with Crippen molar-refractivity contribution in [2.24, 2.45) is 11.8 Å². The van der Waals surface area contributed by atoms with Gasteiger partial charge in [-0.2, -0.15) is 0 Å². The van der Waals surface area contributed by atoms with Crippen LogP contribution >= 0.6 is 0 Å². The van der Waals surface area contributed by atoms with Gasteiger partial charge >= 0.3 is 5.97 Å². The molecule has 1 aromatic rings. The van der Waals surface area contributed by atoms with E-state index in [1.807, 2.05) is 37.3 Å². The number of benzene rings is 1. The Morgan fingerprint density at radius 1 is 1.19 bits per heavy atom. The lowest BCUT2D eigenvalue weighted by molar-refractivity contribution is -0.155. The summed E-state index contributed by atoms with van der Waals surface area (Å²) >= 11 is 0. The SMILES string of the molecule is CCCC[C@H](C)[C@H](OC)[C@@H](C)C(=O)OCc1ccccc1. The zero-order chi connectivity index (χ0) is 15.7. The van der Waals surface area contributed by atoms with E-state index in [2.05, 4.69) is 13.8 Å². The third kappa shape index (κ3) is 5.88. The molecule has 0 aliphatic rings. The lowest BCUT2D eigenvalue weighted by Crippen LogP contribution is -2.34. The molecule has 0 saturated carbocycles. The van der Waals surface area contributed by atoms with Crippen LogP contribution in [0.5, 0.6) is 0 Å². The number of carbonyl (C=O) groups is 1. The highest BCUT2D eigenvalue weighted by Crippen LogP contribution is 2.22. The minimum absolute atomic E-state index is 0.0835. The Bertz CT molecular complexity index is 402. The van der Waals surface area contributed by atoms with Gasteiger partial charge in [-0.05, 0) is 24.8 Å². The second-order valence-electron chi connectivity index (χ2n) is 5.70. The monoisotopic (exact) mass is 292 g/mol. The summed E-state index contributed by atoms with van der Waals surface area (Å²) in [5.74, 6) is -0.0751. The number of carbonyl (C=O) groups excluding carboxylic acids is 1. The van der Waals surface area contributed by atoms with Gasteiger partial charge in [-0.3, -0.25) is 4.79 Å². The third-order valence-corrected chi connectivity index (χ3v) is 3.93. The lowest BCUT2D eigenvalue weighted by atomic mass is 9.89. The highest BCUT2D eigenvalue weighted by Gasteiger charge is 2.29. The van der Waals surface area contributed by atoms with E-state index in [1.165, 1.54) is 0 Å². The number of ether oxygens (including phenoxy) is 2. The molecule has 0 radical (unpaired) electrons. The fourth-order valence-electron chi connectivity index (χ4n) is 2.61. The summed E-state index contributed by atoms with van der Waals surface area (Å²) in [4.78, 5) is 12.2. The average molecular weight is 292 g/mol. The summed E-state index contributed by atoms with van der Waals surface area (Å²) in [5, 5.41) is 0. The Balaban J connectivity index is 2.50. The molecule has 0 saturated heterocycles. The maximum atomic E-state index is 12.2. The number of hydrogen-bond acceptors (Lipinski definition) is 3. The largest absolute Gasteiger partial charge is 0.461 e. The summed E-state index contributed by atoms with van der Waals surface area (Å²) in [6, 6.07) is 9.74. The summed E-state index contributed by atoms with van der Waals surface area (Å²) in [6.45, 7) is 6.53. The molecule has 0 amide bonds. The molecule has 21 heavy (non-hydrogen) atoms.